The summed E-state index contributed by atoms with van der Waals surface area (Å²) in [5.41, 5.74) is 0.362. The zero-order chi connectivity index (χ0) is 16.4. The summed E-state index contributed by atoms with van der Waals surface area (Å²) in [6.07, 6.45) is 0. The summed E-state index contributed by atoms with van der Waals surface area (Å²) in [6, 6.07) is 5.46. The number of hydrogen-bond acceptors (Lipinski definition) is 6. The fourth-order valence-corrected chi connectivity index (χ4v) is 2.45. The second kappa shape index (κ2) is 5.88. The van der Waals surface area contributed by atoms with Gasteiger partial charge in [0.05, 0.1) is 31.2 Å². The van der Waals surface area contributed by atoms with Gasteiger partial charge in [-0.1, -0.05) is 12.1 Å². The lowest BCUT2D eigenvalue weighted by atomic mass is 9.96. The molecule has 1 N–H and O–H groups in total. The molecule has 0 saturated carbocycles. The van der Waals surface area contributed by atoms with Crippen molar-refractivity contribution in [2.45, 2.75) is 13.0 Å². The van der Waals surface area contributed by atoms with Crippen molar-refractivity contribution in [2.24, 2.45) is 0 Å². The van der Waals surface area contributed by atoms with Crippen LogP contribution in [0.4, 0.5) is 0 Å². The van der Waals surface area contributed by atoms with E-state index >= 15 is 0 Å². The van der Waals surface area contributed by atoms with Crippen molar-refractivity contribution in [3.05, 3.63) is 41.2 Å². The van der Waals surface area contributed by atoms with Gasteiger partial charge in [-0.2, -0.15) is 0 Å². The predicted octanol–water partition coefficient (Wildman–Crippen LogP) is -0.271. The second-order valence-corrected chi connectivity index (χ2v) is 4.80. The normalized spacial score (nSPS) is 17.8. The van der Waals surface area contributed by atoms with Crippen LogP contribution < -0.4 is 9.84 Å². The molecule has 0 radical (unpaired) electrons. The molecule has 1 atom stereocenters. The Morgan fingerprint density at radius 3 is 2.36 bits per heavy atom. The van der Waals surface area contributed by atoms with Gasteiger partial charge in [0, 0.05) is 0 Å². The molecule has 116 valence electrons. The minimum absolute atomic E-state index is 0.128. The van der Waals surface area contributed by atoms with Crippen LogP contribution in [0.2, 0.25) is 0 Å². The molecule has 0 spiro atoms. The monoisotopic (exact) mass is 304 g/mol. The number of aliphatic hydroxyl groups excluding tert-OH is 1. The zero-order valence-corrected chi connectivity index (χ0v) is 12.0. The van der Waals surface area contributed by atoms with Crippen molar-refractivity contribution in [2.75, 3.05) is 13.7 Å². The average Bonchev–Trinajstić information content (AvgIpc) is 2.72. The van der Waals surface area contributed by atoms with Crippen molar-refractivity contribution in [3.8, 4) is 5.75 Å². The molecule has 2 rings (SSSR count). The Morgan fingerprint density at radius 2 is 1.91 bits per heavy atom. The van der Waals surface area contributed by atoms with Crippen LogP contribution in [-0.2, 0) is 14.4 Å². The number of carboxylic acids is 1. The Balaban J connectivity index is 2.50. The first-order valence-corrected chi connectivity index (χ1v) is 6.45. The molecular weight excluding hydrogens is 290 g/mol. The standard InChI is InChI=1S/C15H15NO6/c1-8(17)12-13(9-3-5-10(22-2)6-4-9)16(7-11(18)19)15(21)14(12)20/h3-6,13,20H,7H2,1-2H3,(H,18,19)/p-1/t13-/m1/s1. The molecule has 0 fully saturated rings. The summed E-state index contributed by atoms with van der Waals surface area (Å²) in [6.45, 7) is 0.480. The predicted molar refractivity (Wildman–Crippen MR) is 72.8 cm³/mol. The highest BCUT2D eigenvalue weighted by Gasteiger charge is 2.42. The van der Waals surface area contributed by atoms with Crippen molar-refractivity contribution >= 4 is 17.7 Å². The molecule has 0 unspecified atom stereocenters. The maximum Gasteiger partial charge on any atom is 0.290 e. The first kappa shape index (κ1) is 15.6. The molecule has 0 aliphatic carbocycles. The number of carbonyl (C=O) groups excluding carboxylic acids is 3. The number of carboxylic acid groups (broad SMARTS) is 1. The first-order valence-electron chi connectivity index (χ1n) is 6.45. The number of aliphatic hydroxyl groups is 1. The second-order valence-electron chi connectivity index (χ2n) is 4.80. The van der Waals surface area contributed by atoms with Gasteiger partial charge >= 0.3 is 0 Å². The number of rotatable bonds is 5. The highest BCUT2D eigenvalue weighted by atomic mass is 16.5. The van der Waals surface area contributed by atoms with E-state index in [2.05, 4.69) is 0 Å². The largest absolute Gasteiger partial charge is 0.548 e. The van der Waals surface area contributed by atoms with Crippen LogP contribution in [0.15, 0.2) is 35.6 Å². The SMILES string of the molecule is COc1ccc([C@@H]2C(C(C)=O)=C(O)C(=O)N2CC(=O)[O-])cc1. The Hall–Kier alpha value is -2.83. The molecular formula is C15H14NO6-. The molecule has 0 bridgehead atoms. The van der Waals surface area contributed by atoms with E-state index in [9.17, 15) is 24.6 Å². The Kier molecular flexibility index (Phi) is 4.16. The van der Waals surface area contributed by atoms with Gasteiger partial charge in [-0.25, -0.2) is 0 Å². The van der Waals surface area contributed by atoms with Gasteiger partial charge in [-0.15, -0.1) is 0 Å². The summed E-state index contributed by atoms with van der Waals surface area (Å²) >= 11 is 0. The van der Waals surface area contributed by atoms with E-state index in [-0.39, 0.29) is 5.57 Å². The molecule has 1 aromatic rings. The Labute approximate surface area is 126 Å². The van der Waals surface area contributed by atoms with Gasteiger partial charge in [0.25, 0.3) is 5.91 Å². The van der Waals surface area contributed by atoms with Crippen LogP contribution in [0.5, 0.6) is 5.75 Å². The Morgan fingerprint density at radius 1 is 1.32 bits per heavy atom. The third-order valence-corrected chi connectivity index (χ3v) is 3.41. The summed E-state index contributed by atoms with van der Waals surface area (Å²) in [4.78, 5) is 35.5. The third kappa shape index (κ3) is 2.65. The van der Waals surface area contributed by atoms with Crippen molar-refractivity contribution in [1.82, 2.24) is 4.90 Å². The quantitative estimate of drug-likeness (QED) is 0.802. The van der Waals surface area contributed by atoms with E-state index in [1.165, 1.54) is 14.0 Å². The lowest BCUT2D eigenvalue weighted by Gasteiger charge is -2.26. The van der Waals surface area contributed by atoms with Crippen molar-refractivity contribution in [1.29, 1.82) is 0 Å². The lowest BCUT2D eigenvalue weighted by molar-refractivity contribution is -0.306. The van der Waals surface area contributed by atoms with Crippen LogP contribution in [0.25, 0.3) is 0 Å². The molecule has 0 aromatic heterocycles. The van der Waals surface area contributed by atoms with Crippen LogP contribution in [0.3, 0.4) is 0 Å². The molecule has 1 amide bonds. The maximum absolute atomic E-state index is 12.0. The summed E-state index contributed by atoms with van der Waals surface area (Å²) in [5.74, 6) is -3.06. The third-order valence-electron chi connectivity index (χ3n) is 3.41. The topological polar surface area (TPSA) is 107 Å². The van der Waals surface area contributed by atoms with Gasteiger partial charge in [0.1, 0.15) is 5.75 Å². The van der Waals surface area contributed by atoms with Gasteiger partial charge in [0.15, 0.2) is 11.5 Å². The van der Waals surface area contributed by atoms with Crippen molar-refractivity contribution in [3.63, 3.8) is 0 Å². The van der Waals surface area contributed by atoms with E-state index in [4.69, 9.17) is 4.74 Å². The van der Waals surface area contributed by atoms with Gasteiger partial charge in [0.2, 0.25) is 0 Å². The number of nitrogens with zero attached hydrogens (tertiary/aromatic N) is 1. The highest BCUT2D eigenvalue weighted by molar-refractivity contribution is 6.08. The molecule has 7 heteroatoms. The number of Topliss-reactive ketones (excluding diaryl/α,β-unsaturated/α-hetero) is 1. The van der Waals surface area contributed by atoms with E-state index < -0.39 is 36.0 Å². The van der Waals surface area contributed by atoms with Crippen LogP contribution in [0.1, 0.15) is 18.5 Å². The molecule has 7 nitrogen and oxygen atoms in total. The lowest BCUT2D eigenvalue weighted by Crippen LogP contribution is -2.41. The number of benzene rings is 1. The molecule has 1 aliphatic rings. The number of methoxy groups -OCH3 is 1. The number of carbonyl (C=O) groups is 3. The average molecular weight is 304 g/mol. The molecule has 22 heavy (non-hydrogen) atoms. The Bertz CT molecular complexity index is 661. The van der Waals surface area contributed by atoms with E-state index in [1.54, 1.807) is 24.3 Å². The molecule has 0 saturated heterocycles. The van der Waals surface area contributed by atoms with Crippen LogP contribution in [-0.4, -0.2) is 41.3 Å². The van der Waals surface area contributed by atoms with Crippen LogP contribution in [0, 0.1) is 0 Å². The molecule has 1 aliphatic heterocycles. The van der Waals surface area contributed by atoms with Gasteiger partial charge < -0.3 is 24.6 Å². The highest BCUT2D eigenvalue weighted by Crippen LogP contribution is 2.37. The maximum atomic E-state index is 12.0. The first-order chi connectivity index (χ1) is 10.4. The number of ketones is 1. The minimum Gasteiger partial charge on any atom is -0.548 e. The molecule has 1 heterocycles. The van der Waals surface area contributed by atoms with E-state index in [0.29, 0.717) is 11.3 Å². The molecule has 1 aromatic carbocycles. The zero-order valence-electron chi connectivity index (χ0n) is 12.0. The van der Waals surface area contributed by atoms with Crippen LogP contribution >= 0.6 is 0 Å². The number of ether oxygens (including phenoxy) is 1. The minimum atomic E-state index is -1.48. The number of amides is 1. The summed E-state index contributed by atoms with van der Waals surface area (Å²) < 4.78 is 5.03. The number of aliphatic carboxylic acids is 1. The van der Waals surface area contributed by atoms with Crippen molar-refractivity contribution < 1.29 is 29.3 Å². The summed E-state index contributed by atoms with van der Waals surface area (Å²) in [7, 11) is 1.49. The van der Waals surface area contributed by atoms with E-state index in [0.717, 1.165) is 4.90 Å². The fraction of sp³-hybridized carbons (Fsp3) is 0.267. The fourth-order valence-electron chi connectivity index (χ4n) is 2.45. The van der Waals surface area contributed by atoms with Gasteiger partial charge in [-0.3, -0.25) is 9.59 Å². The summed E-state index contributed by atoms with van der Waals surface area (Å²) in [5, 5.41) is 20.7. The number of hydrogen-bond donors (Lipinski definition) is 1. The smallest absolute Gasteiger partial charge is 0.290 e. The van der Waals surface area contributed by atoms with Gasteiger partial charge in [-0.05, 0) is 24.6 Å². The van der Waals surface area contributed by atoms with E-state index in [1.807, 2.05) is 0 Å².